The van der Waals surface area contributed by atoms with E-state index < -0.39 is 0 Å². The largest absolute Gasteiger partial charge is 0.483 e. The van der Waals surface area contributed by atoms with Crippen LogP contribution in [0, 0.1) is 13.8 Å². The van der Waals surface area contributed by atoms with Crippen molar-refractivity contribution in [2.75, 3.05) is 18.5 Å². The molecule has 0 bridgehead atoms. The lowest BCUT2D eigenvalue weighted by Gasteiger charge is -2.13. The van der Waals surface area contributed by atoms with E-state index in [-0.39, 0.29) is 18.5 Å². The van der Waals surface area contributed by atoms with Crippen molar-refractivity contribution >= 4 is 45.1 Å². The molecule has 2 rings (SSSR count). The SMILES string of the molecule is CCCCCOC(=O)c1ccc(NC(=O)COc2cc(C)c(Cl)c(C)c2Br)cc1. The summed E-state index contributed by atoms with van der Waals surface area (Å²) in [6.45, 7) is 6.12. The van der Waals surface area contributed by atoms with E-state index in [0.717, 1.165) is 34.9 Å². The van der Waals surface area contributed by atoms with Gasteiger partial charge in [0, 0.05) is 10.7 Å². The molecule has 0 saturated carbocycles. The number of carbonyl (C=O) groups is 2. The van der Waals surface area contributed by atoms with Crippen molar-refractivity contribution < 1.29 is 19.1 Å². The summed E-state index contributed by atoms with van der Waals surface area (Å²) in [6.07, 6.45) is 2.97. The number of hydrogen-bond acceptors (Lipinski definition) is 4. The summed E-state index contributed by atoms with van der Waals surface area (Å²) in [4.78, 5) is 24.2. The first kappa shape index (κ1) is 23.2. The van der Waals surface area contributed by atoms with E-state index in [2.05, 4.69) is 28.2 Å². The number of carbonyl (C=O) groups excluding carboxylic acids is 2. The van der Waals surface area contributed by atoms with Crippen molar-refractivity contribution in [3.63, 3.8) is 0 Å². The zero-order valence-corrected chi connectivity index (χ0v) is 19.2. The molecular formula is C22H25BrClNO4. The van der Waals surface area contributed by atoms with Crippen molar-refractivity contribution in [2.24, 2.45) is 0 Å². The Labute approximate surface area is 184 Å². The number of esters is 1. The minimum Gasteiger partial charge on any atom is -0.483 e. The van der Waals surface area contributed by atoms with Gasteiger partial charge >= 0.3 is 5.97 Å². The molecule has 156 valence electrons. The van der Waals surface area contributed by atoms with Gasteiger partial charge < -0.3 is 14.8 Å². The van der Waals surface area contributed by atoms with Gasteiger partial charge in [-0.25, -0.2) is 4.79 Å². The number of nitrogens with one attached hydrogen (secondary N) is 1. The first-order chi connectivity index (χ1) is 13.8. The van der Waals surface area contributed by atoms with Crippen molar-refractivity contribution in [3.8, 4) is 5.75 Å². The summed E-state index contributed by atoms with van der Waals surface area (Å²) in [6, 6.07) is 8.36. The quantitative estimate of drug-likeness (QED) is 0.347. The van der Waals surface area contributed by atoms with E-state index >= 15 is 0 Å². The van der Waals surface area contributed by atoms with Gasteiger partial charge in [0.05, 0.1) is 16.6 Å². The van der Waals surface area contributed by atoms with Gasteiger partial charge in [-0.2, -0.15) is 0 Å². The van der Waals surface area contributed by atoms with Crippen LogP contribution in [-0.2, 0) is 9.53 Å². The molecule has 5 nitrogen and oxygen atoms in total. The van der Waals surface area contributed by atoms with Crippen LogP contribution in [0.2, 0.25) is 5.02 Å². The van der Waals surface area contributed by atoms with Gasteiger partial charge in [0.1, 0.15) is 5.75 Å². The van der Waals surface area contributed by atoms with E-state index in [1.54, 1.807) is 30.3 Å². The highest BCUT2D eigenvalue weighted by Crippen LogP contribution is 2.35. The van der Waals surface area contributed by atoms with E-state index in [0.29, 0.717) is 28.6 Å². The third-order valence-electron chi connectivity index (χ3n) is 4.31. The monoisotopic (exact) mass is 481 g/mol. The van der Waals surface area contributed by atoms with Gasteiger partial charge in [-0.15, -0.1) is 0 Å². The van der Waals surface area contributed by atoms with Crippen LogP contribution in [0.15, 0.2) is 34.8 Å². The topological polar surface area (TPSA) is 64.6 Å². The second-order valence-electron chi connectivity index (χ2n) is 6.70. The van der Waals surface area contributed by atoms with Crippen molar-refractivity contribution in [3.05, 3.63) is 56.5 Å². The average Bonchev–Trinajstić information content (AvgIpc) is 2.71. The van der Waals surface area contributed by atoms with Crippen LogP contribution in [0.25, 0.3) is 0 Å². The molecule has 0 aliphatic carbocycles. The Kier molecular flexibility index (Phi) is 8.99. The van der Waals surface area contributed by atoms with Gasteiger partial charge in [-0.3, -0.25) is 4.79 Å². The number of halogens is 2. The van der Waals surface area contributed by atoms with E-state index in [9.17, 15) is 9.59 Å². The van der Waals surface area contributed by atoms with Crippen LogP contribution >= 0.6 is 27.5 Å². The number of hydrogen-bond donors (Lipinski definition) is 1. The van der Waals surface area contributed by atoms with Gasteiger partial charge in [0.15, 0.2) is 6.61 Å². The lowest BCUT2D eigenvalue weighted by atomic mass is 10.1. The molecule has 7 heteroatoms. The molecule has 0 unspecified atom stereocenters. The van der Waals surface area contributed by atoms with E-state index in [4.69, 9.17) is 21.1 Å². The second-order valence-corrected chi connectivity index (χ2v) is 7.87. The first-order valence-corrected chi connectivity index (χ1v) is 10.7. The minimum atomic E-state index is -0.361. The molecule has 1 amide bonds. The third-order valence-corrected chi connectivity index (χ3v) is 5.88. The normalized spacial score (nSPS) is 10.5. The number of rotatable bonds is 9. The Balaban J connectivity index is 1.87. The van der Waals surface area contributed by atoms with Crippen LogP contribution in [-0.4, -0.2) is 25.1 Å². The van der Waals surface area contributed by atoms with Gasteiger partial charge in [0.25, 0.3) is 5.91 Å². The first-order valence-electron chi connectivity index (χ1n) is 9.48. The molecule has 0 saturated heterocycles. The molecule has 2 aromatic rings. The highest BCUT2D eigenvalue weighted by molar-refractivity contribution is 9.10. The molecule has 0 fully saturated rings. The van der Waals surface area contributed by atoms with Crippen molar-refractivity contribution in [1.82, 2.24) is 0 Å². The van der Waals surface area contributed by atoms with Crippen molar-refractivity contribution in [2.45, 2.75) is 40.0 Å². The van der Waals surface area contributed by atoms with Gasteiger partial charge in [-0.05, 0) is 77.7 Å². The Bertz CT molecular complexity index is 868. The fourth-order valence-corrected chi connectivity index (χ4v) is 3.33. The maximum atomic E-state index is 12.2. The molecule has 0 atom stereocenters. The fraction of sp³-hybridized carbons (Fsp3) is 0.364. The summed E-state index contributed by atoms with van der Waals surface area (Å²) in [5, 5.41) is 3.41. The highest BCUT2D eigenvalue weighted by atomic mass is 79.9. The Hall–Kier alpha value is -2.05. The molecule has 2 aromatic carbocycles. The second kappa shape index (κ2) is 11.2. The number of aryl methyl sites for hydroxylation is 1. The Morgan fingerprint density at radius 2 is 1.83 bits per heavy atom. The number of benzene rings is 2. The molecule has 0 spiro atoms. The van der Waals surface area contributed by atoms with Crippen LogP contribution in [0.3, 0.4) is 0 Å². The van der Waals surface area contributed by atoms with Crippen LogP contribution in [0.5, 0.6) is 5.75 Å². The Morgan fingerprint density at radius 1 is 1.14 bits per heavy atom. The van der Waals surface area contributed by atoms with Crippen LogP contribution < -0.4 is 10.1 Å². The van der Waals surface area contributed by atoms with Crippen LogP contribution in [0.4, 0.5) is 5.69 Å². The predicted molar refractivity (Wildman–Crippen MR) is 119 cm³/mol. The van der Waals surface area contributed by atoms with E-state index in [1.165, 1.54) is 0 Å². The third kappa shape index (κ3) is 6.75. The number of amides is 1. The lowest BCUT2D eigenvalue weighted by Crippen LogP contribution is -2.20. The zero-order valence-electron chi connectivity index (χ0n) is 16.8. The minimum absolute atomic E-state index is 0.152. The molecule has 1 N–H and O–H groups in total. The molecule has 0 aliphatic rings. The maximum Gasteiger partial charge on any atom is 0.338 e. The maximum absolute atomic E-state index is 12.2. The fourth-order valence-electron chi connectivity index (χ4n) is 2.64. The van der Waals surface area contributed by atoms with Crippen molar-refractivity contribution in [1.29, 1.82) is 0 Å². The van der Waals surface area contributed by atoms with E-state index in [1.807, 2.05) is 13.8 Å². The molecule has 0 aromatic heterocycles. The lowest BCUT2D eigenvalue weighted by molar-refractivity contribution is -0.118. The number of ether oxygens (including phenoxy) is 2. The summed E-state index contributed by atoms with van der Waals surface area (Å²) in [5.41, 5.74) is 2.76. The smallest absolute Gasteiger partial charge is 0.338 e. The zero-order chi connectivity index (χ0) is 21.4. The molecule has 0 heterocycles. The standard InChI is InChI=1S/C22H25BrClNO4/c1-4-5-6-11-28-22(27)16-7-9-17(10-8-16)25-19(26)13-29-18-12-14(2)21(24)15(3)20(18)23/h7-10,12H,4-6,11,13H2,1-3H3,(H,25,26). The number of anilines is 1. The predicted octanol–water partition coefficient (Wildman–Crippen LogP) is 6.08. The molecule has 0 aliphatic heterocycles. The highest BCUT2D eigenvalue weighted by Gasteiger charge is 2.13. The molecule has 0 radical (unpaired) electrons. The summed E-state index contributed by atoms with van der Waals surface area (Å²) < 4.78 is 11.6. The summed E-state index contributed by atoms with van der Waals surface area (Å²) in [7, 11) is 0. The average molecular weight is 483 g/mol. The molecule has 29 heavy (non-hydrogen) atoms. The van der Waals surface area contributed by atoms with Gasteiger partial charge in [0.2, 0.25) is 0 Å². The van der Waals surface area contributed by atoms with Crippen LogP contribution in [0.1, 0.15) is 47.7 Å². The van der Waals surface area contributed by atoms with Gasteiger partial charge in [-0.1, -0.05) is 31.4 Å². The Morgan fingerprint density at radius 3 is 2.48 bits per heavy atom. The molecular weight excluding hydrogens is 458 g/mol. The summed E-state index contributed by atoms with van der Waals surface area (Å²) in [5.74, 6) is -0.113. The number of unbranched alkanes of at least 4 members (excludes halogenated alkanes) is 2. The summed E-state index contributed by atoms with van der Waals surface area (Å²) >= 11 is 9.65.